The molecule has 8 heteroatoms. The van der Waals surface area contributed by atoms with Gasteiger partial charge in [-0.3, -0.25) is 14.9 Å². The Balaban J connectivity index is 1.56. The van der Waals surface area contributed by atoms with Gasteiger partial charge in [0, 0.05) is 31.0 Å². The molecule has 24 heavy (non-hydrogen) atoms. The summed E-state index contributed by atoms with van der Waals surface area (Å²) in [5.41, 5.74) is -0.0941. The van der Waals surface area contributed by atoms with Crippen LogP contribution in [0, 0.1) is 10.1 Å². The van der Waals surface area contributed by atoms with E-state index in [-0.39, 0.29) is 22.4 Å². The van der Waals surface area contributed by atoms with E-state index in [4.69, 9.17) is 21.1 Å². The normalized spacial score (nSPS) is 22.5. The summed E-state index contributed by atoms with van der Waals surface area (Å²) >= 11 is 5.75. The van der Waals surface area contributed by atoms with E-state index in [1.807, 2.05) is 0 Å². The van der Waals surface area contributed by atoms with Crippen molar-refractivity contribution in [3.63, 3.8) is 0 Å². The average molecular weight is 355 g/mol. The van der Waals surface area contributed by atoms with Crippen LogP contribution in [0.25, 0.3) is 0 Å². The molecule has 1 aliphatic carbocycles. The van der Waals surface area contributed by atoms with E-state index in [1.54, 1.807) is 0 Å². The van der Waals surface area contributed by atoms with Gasteiger partial charge in [0.1, 0.15) is 11.1 Å². The summed E-state index contributed by atoms with van der Waals surface area (Å²) in [4.78, 5) is 22.5. The summed E-state index contributed by atoms with van der Waals surface area (Å²) in [6.45, 7) is 0.748. The third kappa shape index (κ3) is 3.68. The van der Waals surface area contributed by atoms with E-state index >= 15 is 0 Å². The van der Waals surface area contributed by atoms with Crippen LogP contribution in [-0.4, -0.2) is 35.9 Å². The van der Waals surface area contributed by atoms with Crippen molar-refractivity contribution in [2.75, 3.05) is 13.2 Å². The van der Waals surface area contributed by atoms with E-state index in [9.17, 15) is 14.9 Å². The van der Waals surface area contributed by atoms with E-state index in [2.05, 4.69) is 5.32 Å². The highest BCUT2D eigenvalue weighted by Gasteiger charge is 2.42. The molecule has 2 aliphatic rings. The minimum Gasteiger partial charge on any atom is -0.349 e. The zero-order valence-electron chi connectivity index (χ0n) is 13.1. The summed E-state index contributed by atoms with van der Waals surface area (Å²) in [6.07, 6.45) is 4.96. The van der Waals surface area contributed by atoms with Crippen molar-refractivity contribution in [1.29, 1.82) is 0 Å². The van der Waals surface area contributed by atoms with E-state index in [0.717, 1.165) is 25.7 Å². The fourth-order valence-electron chi connectivity index (χ4n) is 3.17. The van der Waals surface area contributed by atoms with Gasteiger partial charge >= 0.3 is 0 Å². The van der Waals surface area contributed by atoms with Gasteiger partial charge in [-0.1, -0.05) is 18.0 Å². The zero-order valence-corrected chi connectivity index (χ0v) is 13.9. The van der Waals surface area contributed by atoms with Gasteiger partial charge in [-0.2, -0.15) is 0 Å². The number of halogens is 1. The number of nitrogens with one attached hydrogen (secondary N) is 1. The summed E-state index contributed by atoms with van der Waals surface area (Å²) < 4.78 is 11.8. The molecule has 1 amide bonds. The molecule has 0 aromatic heterocycles. The summed E-state index contributed by atoms with van der Waals surface area (Å²) in [6, 6.07) is 3.98. The van der Waals surface area contributed by atoms with E-state index in [0.29, 0.717) is 13.2 Å². The Bertz CT molecular complexity index is 645. The smallest absolute Gasteiger partial charge is 0.288 e. The first-order chi connectivity index (χ1) is 11.5. The number of hydrogen-bond acceptors (Lipinski definition) is 5. The fourth-order valence-corrected chi connectivity index (χ4v) is 3.36. The van der Waals surface area contributed by atoms with Gasteiger partial charge in [-0.05, 0) is 25.0 Å². The van der Waals surface area contributed by atoms with Crippen LogP contribution < -0.4 is 5.32 Å². The summed E-state index contributed by atoms with van der Waals surface area (Å²) in [5.74, 6) is -0.879. The Morgan fingerprint density at radius 1 is 1.38 bits per heavy atom. The zero-order chi connectivity index (χ0) is 17.2. The highest BCUT2D eigenvalue weighted by atomic mass is 35.5. The van der Waals surface area contributed by atoms with E-state index in [1.165, 1.54) is 24.6 Å². The second-order valence-corrected chi connectivity index (χ2v) is 6.56. The van der Waals surface area contributed by atoms with Crippen LogP contribution in [-0.2, 0) is 9.47 Å². The Morgan fingerprint density at radius 3 is 2.83 bits per heavy atom. The molecule has 0 bridgehead atoms. The van der Waals surface area contributed by atoms with Gasteiger partial charge in [-0.15, -0.1) is 0 Å². The van der Waals surface area contributed by atoms with Crippen LogP contribution in [0.5, 0.6) is 0 Å². The summed E-state index contributed by atoms with van der Waals surface area (Å²) in [7, 11) is 0. The van der Waals surface area contributed by atoms with Gasteiger partial charge in [0.15, 0.2) is 5.79 Å². The lowest BCUT2D eigenvalue weighted by Gasteiger charge is -2.31. The standard InChI is InChI=1S/C16H19ClN2O5/c17-13-5-4-11(8-14(13)19(21)22)15(20)18-9-12-10-23-16(24-12)6-2-1-3-7-16/h4-5,8,12H,1-3,6-7,9-10H2,(H,18,20)/t12-/m0/s1. The topological polar surface area (TPSA) is 90.7 Å². The van der Waals surface area contributed by atoms with Crippen molar-refractivity contribution >= 4 is 23.2 Å². The molecule has 2 fully saturated rings. The predicted molar refractivity (Wildman–Crippen MR) is 87.1 cm³/mol. The van der Waals surface area contributed by atoms with Gasteiger partial charge in [0.25, 0.3) is 11.6 Å². The van der Waals surface area contributed by atoms with Crippen LogP contribution in [0.2, 0.25) is 5.02 Å². The molecule has 1 aromatic carbocycles. The van der Waals surface area contributed by atoms with Crippen LogP contribution >= 0.6 is 11.6 Å². The number of rotatable bonds is 4. The van der Waals surface area contributed by atoms with Crippen LogP contribution in [0.3, 0.4) is 0 Å². The van der Waals surface area contributed by atoms with Gasteiger partial charge in [0.05, 0.1) is 11.5 Å². The van der Waals surface area contributed by atoms with E-state index < -0.39 is 16.6 Å². The average Bonchev–Trinajstić information content (AvgIpc) is 2.96. The number of benzene rings is 1. The van der Waals surface area contributed by atoms with Crippen molar-refractivity contribution in [2.24, 2.45) is 0 Å². The van der Waals surface area contributed by atoms with Crippen molar-refractivity contribution < 1.29 is 19.2 Å². The highest BCUT2D eigenvalue weighted by Crippen LogP contribution is 2.37. The molecular formula is C16H19ClN2O5. The third-order valence-electron chi connectivity index (χ3n) is 4.42. The van der Waals surface area contributed by atoms with Crippen LogP contribution in [0.15, 0.2) is 18.2 Å². The maximum Gasteiger partial charge on any atom is 0.288 e. The Kier molecular flexibility index (Phi) is 5.03. The lowest BCUT2D eigenvalue weighted by atomic mass is 9.94. The SMILES string of the molecule is O=C(NC[C@H]1COC2(CCCCC2)O1)c1ccc(Cl)c([N+](=O)[O-])c1. The first-order valence-electron chi connectivity index (χ1n) is 8.03. The summed E-state index contributed by atoms with van der Waals surface area (Å²) in [5, 5.41) is 13.6. The maximum atomic E-state index is 12.2. The molecule has 0 radical (unpaired) electrons. The Morgan fingerprint density at radius 2 is 2.12 bits per heavy atom. The number of amides is 1. The Labute approximate surface area is 144 Å². The third-order valence-corrected chi connectivity index (χ3v) is 4.74. The number of nitrogens with zero attached hydrogens (tertiary/aromatic N) is 1. The number of carbonyl (C=O) groups is 1. The molecule has 130 valence electrons. The quantitative estimate of drug-likeness (QED) is 0.662. The molecule has 1 heterocycles. The molecule has 1 aromatic rings. The molecular weight excluding hydrogens is 336 g/mol. The first-order valence-corrected chi connectivity index (χ1v) is 8.41. The molecule has 1 aliphatic heterocycles. The largest absolute Gasteiger partial charge is 0.349 e. The molecule has 0 unspecified atom stereocenters. The minimum atomic E-state index is -0.611. The predicted octanol–water partition coefficient (Wildman–Crippen LogP) is 3.05. The van der Waals surface area contributed by atoms with Crippen molar-refractivity contribution in [1.82, 2.24) is 5.32 Å². The van der Waals surface area contributed by atoms with Crippen molar-refractivity contribution in [3.8, 4) is 0 Å². The Hall–Kier alpha value is -1.70. The number of nitro groups is 1. The molecule has 1 saturated carbocycles. The van der Waals surface area contributed by atoms with Gasteiger partial charge < -0.3 is 14.8 Å². The van der Waals surface area contributed by atoms with Gasteiger partial charge in [0.2, 0.25) is 0 Å². The van der Waals surface area contributed by atoms with Crippen LogP contribution in [0.4, 0.5) is 5.69 Å². The number of nitro benzene ring substituents is 1. The molecule has 1 N–H and O–H groups in total. The molecule has 7 nitrogen and oxygen atoms in total. The molecule has 3 rings (SSSR count). The van der Waals surface area contributed by atoms with Crippen molar-refractivity contribution in [2.45, 2.75) is 44.0 Å². The lowest BCUT2D eigenvalue weighted by molar-refractivity contribution is -0.384. The number of carbonyl (C=O) groups excluding carboxylic acids is 1. The monoisotopic (exact) mass is 354 g/mol. The second-order valence-electron chi connectivity index (χ2n) is 6.16. The lowest BCUT2D eigenvalue weighted by Crippen LogP contribution is -2.37. The fraction of sp³-hybridized carbons (Fsp3) is 0.562. The number of hydrogen-bond donors (Lipinski definition) is 1. The maximum absolute atomic E-state index is 12.2. The molecule has 1 saturated heterocycles. The highest BCUT2D eigenvalue weighted by molar-refractivity contribution is 6.32. The molecule has 1 atom stereocenters. The number of ether oxygens (including phenoxy) is 2. The first kappa shape index (κ1) is 17.1. The second kappa shape index (κ2) is 7.04. The molecule has 1 spiro atoms. The van der Waals surface area contributed by atoms with Crippen molar-refractivity contribution in [3.05, 3.63) is 38.9 Å². The van der Waals surface area contributed by atoms with Crippen LogP contribution in [0.1, 0.15) is 42.5 Å². The van der Waals surface area contributed by atoms with Gasteiger partial charge in [-0.25, -0.2) is 0 Å². The minimum absolute atomic E-state index is 0.00307.